The topological polar surface area (TPSA) is 60.3 Å². The fourth-order valence-corrected chi connectivity index (χ4v) is 2.95. The van der Waals surface area contributed by atoms with E-state index in [9.17, 15) is 22.8 Å². The number of pyridine rings is 1. The van der Waals surface area contributed by atoms with E-state index < -0.39 is 23.7 Å². The number of aromatic nitrogens is 1. The van der Waals surface area contributed by atoms with Gasteiger partial charge in [-0.2, -0.15) is 13.2 Å². The van der Waals surface area contributed by atoms with Crippen LogP contribution in [0.2, 0.25) is 0 Å². The number of benzene rings is 1. The Kier molecular flexibility index (Phi) is 7.61. The summed E-state index contributed by atoms with van der Waals surface area (Å²) in [5, 5.41) is 2.81. The summed E-state index contributed by atoms with van der Waals surface area (Å²) in [6.45, 7) is 4.46. The van der Waals surface area contributed by atoms with Crippen molar-refractivity contribution >= 4 is 5.91 Å². The van der Waals surface area contributed by atoms with Crippen molar-refractivity contribution in [1.29, 1.82) is 0 Å². The third-order valence-electron chi connectivity index (χ3n) is 4.41. The zero-order chi connectivity index (χ0) is 21.6. The average molecular weight is 410 g/mol. The van der Waals surface area contributed by atoms with Crippen LogP contribution in [-0.4, -0.2) is 24.2 Å². The van der Waals surface area contributed by atoms with Gasteiger partial charge in [-0.05, 0) is 36.1 Å². The Labute approximate surface area is 167 Å². The molecule has 0 fully saturated rings. The van der Waals surface area contributed by atoms with Crippen molar-refractivity contribution in [2.24, 2.45) is 5.92 Å². The van der Waals surface area contributed by atoms with Gasteiger partial charge in [0.05, 0.1) is 23.8 Å². The number of nitrogens with zero attached hydrogens (tertiary/aromatic N) is 1. The van der Waals surface area contributed by atoms with Gasteiger partial charge >= 0.3 is 6.18 Å². The van der Waals surface area contributed by atoms with Crippen molar-refractivity contribution in [2.75, 3.05) is 13.7 Å². The molecule has 1 aromatic heterocycles. The van der Waals surface area contributed by atoms with Gasteiger partial charge in [0.25, 0.3) is 11.5 Å². The van der Waals surface area contributed by atoms with Gasteiger partial charge in [0.15, 0.2) is 0 Å². The van der Waals surface area contributed by atoms with Crippen LogP contribution in [0, 0.1) is 5.92 Å². The Morgan fingerprint density at radius 2 is 1.93 bits per heavy atom. The molecule has 29 heavy (non-hydrogen) atoms. The summed E-state index contributed by atoms with van der Waals surface area (Å²) in [6, 6.07) is 7.07. The minimum atomic E-state index is -4.46. The zero-order valence-electron chi connectivity index (χ0n) is 16.6. The second kappa shape index (κ2) is 9.73. The number of ether oxygens (including phenoxy) is 1. The number of hydrogen-bond acceptors (Lipinski definition) is 3. The summed E-state index contributed by atoms with van der Waals surface area (Å²) >= 11 is 0. The van der Waals surface area contributed by atoms with Crippen LogP contribution in [0.4, 0.5) is 13.2 Å². The Morgan fingerprint density at radius 1 is 1.21 bits per heavy atom. The van der Waals surface area contributed by atoms with Crippen molar-refractivity contribution in [1.82, 2.24) is 9.88 Å². The van der Waals surface area contributed by atoms with Crippen LogP contribution in [0.5, 0.6) is 0 Å². The summed E-state index contributed by atoms with van der Waals surface area (Å²) in [5.74, 6) is -0.315. The molecular weight excluding hydrogens is 385 g/mol. The lowest BCUT2D eigenvalue weighted by Crippen LogP contribution is -2.31. The third-order valence-corrected chi connectivity index (χ3v) is 4.41. The van der Waals surface area contributed by atoms with Gasteiger partial charge in [-0.25, -0.2) is 0 Å². The third kappa shape index (κ3) is 6.45. The number of carbonyl (C=O) groups excluding carboxylic acids is 1. The lowest BCUT2D eigenvalue weighted by molar-refractivity contribution is -0.137. The normalized spacial score (nSPS) is 12.8. The van der Waals surface area contributed by atoms with Gasteiger partial charge in [0.2, 0.25) is 0 Å². The second-order valence-electron chi connectivity index (χ2n) is 7.22. The first kappa shape index (κ1) is 22.7. The van der Waals surface area contributed by atoms with Crippen LogP contribution in [0.15, 0.2) is 47.4 Å². The number of amides is 1. The number of alkyl halides is 3. The van der Waals surface area contributed by atoms with Gasteiger partial charge in [0.1, 0.15) is 0 Å². The average Bonchev–Trinajstić information content (AvgIpc) is 2.66. The molecule has 2 rings (SSSR count). The van der Waals surface area contributed by atoms with Crippen LogP contribution in [0.1, 0.15) is 47.8 Å². The van der Waals surface area contributed by atoms with E-state index in [1.807, 2.05) is 13.8 Å². The smallest absolute Gasteiger partial charge is 0.383 e. The molecule has 0 saturated carbocycles. The SMILES string of the molecule is COCCn1cc(C(=O)NC(CC(C)C)c2cccc(C(F)(F)F)c2)ccc1=O. The quantitative estimate of drug-likeness (QED) is 0.715. The molecule has 1 N–H and O–H groups in total. The highest BCUT2D eigenvalue weighted by molar-refractivity contribution is 5.94. The number of carbonyl (C=O) groups is 1. The maximum absolute atomic E-state index is 13.1. The first-order valence-corrected chi connectivity index (χ1v) is 9.29. The number of halogens is 3. The number of hydrogen-bond donors (Lipinski definition) is 1. The second-order valence-corrected chi connectivity index (χ2v) is 7.22. The lowest BCUT2D eigenvalue weighted by Gasteiger charge is -2.22. The minimum absolute atomic E-state index is 0.144. The molecule has 0 saturated heterocycles. The highest BCUT2D eigenvalue weighted by atomic mass is 19.4. The molecule has 0 aliphatic rings. The molecule has 2 aromatic rings. The van der Waals surface area contributed by atoms with Gasteiger partial charge in [0, 0.05) is 25.9 Å². The Bertz CT molecular complexity index is 891. The van der Waals surface area contributed by atoms with E-state index >= 15 is 0 Å². The van der Waals surface area contributed by atoms with E-state index in [4.69, 9.17) is 4.74 Å². The lowest BCUT2D eigenvalue weighted by atomic mass is 9.95. The minimum Gasteiger partial charge on any atom is -0.383 e. The Hall–Kier alpha value is -2.61. The predicted octanol–water partition coefficient (Wildman–Crippen LogP) is 4.03. The molecule has 0 aliphatic heterocycles. The summed E-state index contributed by atoms with van der Waals surface area (Å²) in [6.07, 6.45) is -2.56. The molecule has 0 radical (unpaired) electrons. The largest absolute Gasteiger partial charge is 0.416 e. The molecular formula is C21H25F3N2O3. The van der Waals surface area contributed by atoms with E-state index in [0.29, 0.717) is 25.1 Å². The molecule has 0 bridgehead atoms. The molecule has 158 valence electrons. The summed E-state index contributed by atoms with van der Waals surface area (Å²) in [5.41, 5.74) is -0.391. The maximum Gasteiger partial charge on any atom is 0.416 e. The Balaban J connectivity index is 2.29. The molecule has 1 unspecified atom stereocenters. The standard InChI is InChI=1S/C21H25F3N2O3/c1-14(2)11-18(15-5-4-6-17(12-15)21(22,23)24)25-20(28)16-7-8-19(27)26(13-16)9-10-29-3/h4-8,12-14,18H,9-11H2,1-3H3,(H,25,28). The summed E-state index contributed by atoms with van der Waals surface area (Å²) < 4.78 is 45.5. The van der Waals surface area contributed by atoms with Gasteiger partial charge in [-0.15, -0.1) is 0 Å². The summed E-state index contributed by atoms with van der Waals surface area (Å²) in [4.78, 5) is 24.6. The van der Waals surface area contributed by atoms with Crippen molar-refractivity contribution in [3.8, 4) is 0 Å². The van der Waals surface area contributed by atoms with E-state index in [1.54, 1.807) is 6.07 Å². The molecule has 5 nitrogen and oxygen atoms in total. The molecule has 1 atom stereocenters. The zero-order valence-corrected chi connectivity index (χ0v) is 16.6. The first-order valence-electron chi connectivity index (χ1n) is 9.29. The van der Waals surface area contributed by atoms with Crippen molar-refractivity contribution in [2.45, 2.75) is 39.0 Å². The van der Waals surface area contributed by atoms with Crippen LogP contribution >= 0.6 is 0 Å². The van der Waals surface area contributed by atoms with Crippen molar-refractivity contribution in [3.05, 3.63) is 69.6 Å². The number of methoxy groups -OCH3 is 1. The highest BCUT2D eigenvalue weighted by Gasteiger charge is 2.31. The molecule has 1 heterocycles. The van der Waals surface area contributed by atoms with Crippen LogP contribution in [-0.2, 0) is 17.5 Å². The monoisotopic (exact) mass is 410 g/mol. The predicted molar refractivity (Wildman–Crippen MR) is 104 cm³/mol. The molecule has 1 aromatic carbocycles. The molecule has 0 aliphatic carbocycles. The van der Waals surface area contributed by atoms with Crippen LogP contribution < -0.4 is 10.9 Å². The number of rotatable bonds is 8. The van der Waals surface area contributed by atoms with Gasteiger partial charge in [-0.1, -0.05) is 26.0 Å². The van der Waals surface area contributed by atoms with Crippen LogP contribution in [0.25, 0.3) is 0 Å². The molecule has 8 heteroatoms. The van der Waals surface area contributed by atoms with Crippen LogP contribution in [0.3, 0.4) is 0 Å². The van der Waals surface area contributed by atoms with Gasteiger partial charge < -0.3 is 14.6 Å². The van der Waals surface area contributed by atoms with Crippen molar-refractivity contribution in [3.63, 3.8) is 0 Å². The fourth-order valence-electron chi connectivity index (χ4n) is 2.95. The molecule has 1 amide bonds. The fraction of sp³-hybridized carbons (Fsp3) is 0.429. The maximum atomic E-state index is 13.1. The van der Waals surface area contributed by atoms with E-state index in [-0.39, 0.29) is 17.0 Å². The first-order chi connectivity index (χ1) is 13.6. The van der Waals surface area contributed by atoms with E-state index in [0.717, 1.165) is 12.1 Å². The molecule has 0 spiro atoms. The Morgan fingerprint density at radius 3 is 2.55 bits per heavy atom. The van der Waals surface area contributed by atoms with Gasteiger partial charge in [-0.3, -0.25) is 9.59 Å². The van der Waals surface area contributed by atoms with E-state index in [2.05, 4.69) is 5.32 Å². The number of nitrogens with one attached hydrogen (secondary N) is 1. The highest BCUT2D eigenvalue weighted by Crippen LogP contribution is 2.32. The van der Waals surface area contributed by atoms with Crippen molar-refractivity contribution < 1.29 is 22.7 Å². The van der Waals surface area contributed by atoms with E-state index in [1.165, 1.54) is 36.1 Å². The summed E-state index contributed by atoms with van der Waals surface area (Å²) in [7, 11) is 1.51.